The summed E-state index contributed by atoms with van der Waals surface area (Å²) >= 11 is 5.84. The van der Waals surface area contributed by atoms with E-state index in [-0.39, 0.29) is 24.5 Å². The Morgan fingerprint density at radius 3 is 2.47 bits per heavy atom. The number of hydrogen-bond acceptors (Lipinski definition) is 3. The van der Waals surface area contributed by atoms with Crippen molar-refractivity contribution in [3.63, 3.8) is 0 Å². The van der Waals surface area contributed by atoms with Crippen molar-refractivity contribution in [2.75, 3.05) is 23.7 Å². The van der Waals surface area contributed by atoms with E-state index in [1.807, 2.05) is 0 Å². The summed E-state index contributed by atoms with van der Waals surface area (Å²) in [5.74, 6) is -4.08. The fourth-order valence-electron chi connectivity index (χ4n) is 3.08. The van der Waals surface area contributed by atoms with Crippen LogP contribution in [0.15, 0.2) is 30.3 Å². The first-order chi connectivity index (χ1) is 15.9. The summed E-state index contributed by atoms with van der Waals surface area (Å²) in [5.41, 5.74) is -1.79. The van der Waals surface area contributed by atoms with Crippen LogP contribution in [0.5, 0.6) is 5.75 Å². The third-order valence-corrected chi connectivity index (χ3v) is 5.25. The predicted octanol–water partition coefficient (Wildman–Crippen LogP) is 5.78. The van der Waals surface area contributed by atoms with Crippen molar-refractivity contribution in [3.05, 3.63) is 52.6 Å². The van der Waals surface area contributed by atoms with Gasteiger partial charge in [-0.15, -0.1) is 0 Å². The van der Waals surface area contributed by atoms with E-state index in [4.69, 9.17) is 16.3 Å². The lowest BCUT2D eigenvalue weighted by Crippen LogP contribution is -2.34. The number of amides is 3. The molecular formula is C21H18ClF6N3O3. The van der Waals surface area contributed by atoms with E-state index in [0.717, 1.165) is 11.0 Å². The molecule has 3 rings (SSSR count). The van der Waals surface area contributed by atoms with Crippen LogP contribution in [0.3, 0.4) is 0 Å². The molecule has 2 N–H and O–H groups in total. The maximum absolute atomic E-state index is 14.7. The Kier molecular flexibility index (Phi) is 7.49. The third kappa shape index (κ3) is 5.85. The number of nitrogens with one attached hydrogen (secondary N) is 2. The van der Waals surface area contributed by atoms with E-state index in [0.29, 0.717) is 19.1 Å². The molecule has 1 saturated heterocycles. The molecule has 1 fully saturated rings. The lowest BCUT2D eigenvalue weighted by atomic mass is 10.1. The first-order valence-electron chi connectivity index (χ1n) is 9.89. The summed E-state index contributed by atoms with van der Waals surface area (Å²) in [6.07, 6.45) is -8.42. The molecule has 0 aliphatic carbocycles. The zero-order valence-corrected chi connectivity index (χ0v) is 18.2. The van der Waals surface area contributed by atoms with Crippen molar-refractivity contribution in [3.8, 4) is 5.75 Å². The van der Waals surface area contributed by atoms with Crippen LogP contribution in [0.25, 0.3) is 0 Å². The van der Waals surface area contributed by atoms with Gasteiger partial charge in [-0.3, -0.25) is 4.79 Å². The smallest absolute Gasteiger partial charge is 0.425 e. The number of alkyl halides is 4. The molecule has 13 heteroatoms. The van der Waals surface area contributed by atoms with Gasteiger partial charge < -0.3 is 20.3 Å². The topological polar surface area (TPSA) is 70.7 Å². The van der Waals surface area contributed by atoms with Gasteiger partial charge >= 0.3 is 12.2 Å². The Morgan fingerprint density at radius 2 is 1.88 bits per heavy atom. The summed E-state index contributed by atoms with van der Waals surface area (Å²) in [7, 11) is 0. The molecule has 1 aliphatic rings. The van der Waals surface area contributed by atoms with E-state index >= 15 is 0 Å². The van der Waals surface area contributed by atoms with Gasteiger partial charge in [0.25, 0.3) is 5.91 Å². The number of carbonyl (C=O) groups excluding carboxylic acids is 2. The number of ether oxygens (including phenoxy) is 1. The monoisotopic (exact) mass is 509 g/mol. The number of para-hydroxylation sites is 1. The summed E-state index contributed by atoms with van der Waals surface area (Å²) in [5, 5.41) is 4.00. The normalized spacial score (nSPS) is 16.8. The van der Waals surface area contributed by atoms with Gasteiger partial charge in [0, 0.05) is 12.6 Å². The molecule has 1 unspecified atom stereocenters. The van der Waals surface area contributed by atoms with Crippen LogP contribution in [0, 0.1) is 11.6 Å². The highest BCUT2D eigenvalue weighted by atomic mass is 35.5. The van der Waals surface area contributed by atoms with Crippen molar-refractivity contribution >= 4 is 34.9 Å². The van der Waals surface area contributed by atoms with Crippen LogP contribution in [0.4, 0.5) is 42.5 Å². The van der Waals surface area contributed by atoms with Gasteiger partial charge in [-0.2, -0.15) is 13.2 Å². The van der Waals surface area contributed by atoms with Crippen molar-refractivity contribution in [1.82, 2.24) is 4.90 Å². The molecule has 0 radical (unpaired) electrons. The molecule has 1 aliphatic heterocycles. The van der Waals surface area contributed by atoms with Crippen LogP contribution < -0.4 is 15.4 Å². The molecule has 184 valence electrons. The number of carbonyl (C=O) groups is 2. The van der Waals surface area contributed by atoms with Gasteiger partial charge in [-0.05, 0) is 31.5 Å². The van der Waals surface area contributed by atoms with Crippen LogP contribution in [0.1, 0.15) is 23.7 Å². The molecule has 2 aromatic carbocycles. The Morgan fingerprint density at radius 1 is 1.18 bits per heavy atom. The fourth-order valence-corrected chi connectivity index (χ4v) is 3.29. The summed E-state index contributed by atoms with van der Waals surface area (Å²) in [6, 6.07) is 3.82. The molecule has 1 heterocycles. The van der Waals surface area contributed by atoms with Crippen LogP contribution in [0.2, 0.25) is 5.02 Å². The second kappa shape index (κ2) is 10.00. The van der Waals surface area contributed by atoms with Gasteiger partial charge in [0.05, 0.1) is 28.5 Å². The second-order valence-electron chi connectivity index (χ2n) is 7.44. The predicted molar refractivity (Wildman–Crippen MR) is 112 cm³/mol. The minimum absolute atomic E-state index is 0.0625. The molecular weight excluding hydrogens is 492 g/mol. The molecule has 0 spiro atoms. The zero-order chi connectivity index (χ0) is 25.2. The number of anilines is 2. The van der Waals surface area contributed by atoms with E-state index in [2.05, 4.69) is 10.6 Å². The van der Waals surface area contributed by atoms with Gasteiger partial charge in [0.2, 0.25) is 0 Å². The lowest BCUT2D eigenvalue weighted by molar-refractivity contribution is -0.189. The number of urea groups is 1. The first-order valence-corrected chi connectivity index (χ1v) is 10.3. The van der Waals surface area contributed by atoms with Gasteiger partial charge in [0.15, 0.2) is 6.10 Å². The summed E-state index contributed by atoms with van der Waals surface area (Å²) in [4.78, 5) is 26.0. The molecule has 2 atom stereocenters. The minimum Gasteiger partial charge on any atom is -0.480 e. The van der Waals surface area contributed by atoms with E-state index in [1.165, 1.54) is 12.1 Å². The number of likely N-dealkylation sites (tertiary alicyclic amines) is 1. The van der Waals surface area contributed by atoms with Crippen LogP contribution >= 0.6 is 11.6 Å². The van der Waals surface area contributed by atoms with Crippen molar-refractivity contribution in [2.45, 2.75) is 31.8 Å². The average Bonchev–Trinajstić information content (AvgIpc) is 3.18. The molecule has 34 heavy (non-hydrogen) atoms. The fraction of sp³-hybridized carbons (Fsp3) is 0.333. The van der Waals surface area contributed by atoms with Gasteiger partial charge in [-0.25, -0.2) is 18.0 Å². The Labute approximate surface area is 194 Å². The number of benzene rings is 2. The summed E-state index contributed by atoms with van der Waals surface area (Å²) < 4.78 is 86.2. The number of halogens is 7. The van der Waals surface area contributed by atoms with Gasteiger partial charge in [0.1, 0.15) is 23.6 Å². The molecule has 0 aromatic heterocycles. The van der Waals surface area contributed by atoms with E-state index in [9.17, 15) is 35.9 Å². The molecule has 3 amide bonds. The quantitative estimate of drug-likeness (QED) is 0.502. The molecule has 6 nitrogen and oxygen atoms in total. The number of hydrogen-bond donors (Lipinski definition) is 2. The minimum atomic E-state index is -4.84. The Bertz CT molecular complexity index is 1080. The lowest BCUT2D eigenvalue weighted by Gasteiger charge is -2.22. The highest BCUT2D eigenvalue weighted by Crippen LogP contribution is 2.33. The first kappa shape index (κ1) is 25.5. The maximum Gasteiger partial charge on any atom is 0.425 e. The van der Waals surface area contributed by atoms with Crippen LogP contribution in [-0.2, 0) is 0 Å². The van der Waals surface area contributed by atoms with Gasteiger partial charge in [-0.1, -0.05) is 17.7 Å². The second-order valence-corrected chi connectivity index (χ2v) is 7.85. The summed E-state index contributed by atoms with van der Waals surface area (Å²) in [6.45, 7) is 0.488. The average molecular weight is 510 g/mol. The van der Waals surface area contributed by atoms with Crippen molar-refractivity contribution in [2.24, 2.45) is 0 Å². The zero-order valence-electron chi connectivity index (χ0n) is 17.5. The van der Waals surface area contributed by atoms with Crippen LogP contribution in [-0.4, -0.2) is 48.4 Å². The van der Waals surface area contributed by atoms with E-state index < -0.39 is 64.7 Å². The van der Waals surface area contributed by atoms with E-state index in [1.54, 1.807) is 0 Å². The molecule has 0 saturated carbocycles. The Balaban J connectivity index is 1.94. The largest absolute Gasteiger partial charge is 0.480 e. The van der Waals surface area contributed by atoms with Crippen molar-refractivity contribution in [1.29, 1.82) is 0 Å². The highest BCUT2D eigenvalue weighted by molar-refractivity contribution is 6.34. The number of rotatable bonds is 5. The molecule has 0 bridgehead atoms. The Hall–Kier alpha value is -3.15. The SMILES string of the molecule is C[C@H](Oc1cc(NC(=O)N2CCC(F)C2)c(F)cc1C(=O)Nc1c(F)cccc1Cl)C(F)(F)F. The standard InChI is InChI=1S/C21H18ClF6N3O3/c1-10(21(26,27)28)34-17-8-16(29-20(33)31-6-5-11(23)9-31)15(25)7-12(17)19(32)30-18-13(22)3-2-4-14(18)24/h2-4,7-8,10-11H,5-6,9H2,1H3,(H,29,33)(H,30,32)/t10-,11?/m0/s1. The number of nitrogens with zero attached hydrogens (tertiary/aromatic N) is 1. The van der Waals surface area contributed by atoms with Crippen molar-refractivity contribution < 1.29 is 40.7 Å². The third-order valence-electron chi connectivity index (χ3n) is 4.94. The maximum atomic E-state index is 14.7. The molecule has 2 aromatic rings. The highest BCUT2D eigenvalue weighted by Gasteiger charge is 2.39.